The third kappa shape index (κ3) is 4.91. The molecule has 2 heterocycles. The zero-order valence-corrected chi connectivity index (χ0v) is 21.0. The van der Waals surface area contributed by atoms with Gasteiger partial charge in [0.2, 0.25) is 5.13 Å². The number of carbonyl (C=O) groups excluding carboxylic acids is 2. The summed E-state index contributed by atoms with van der Waals surface area (Å²) in [5, 5.41) is 30.6. The van der Waals surface area contributed by atoms with Crippen LogP contribution in [-0.4, -0.2) is 31.9 Å². The first-order valence-corrected chi connectivity index (χ1v) is 12.9. The second-order valence-electron chi connectivity index (χ2n) is 8.15. The molecule has 12 heteroatoms. The number of benzene rings is 3. The topological polar surface area (TPSA) is 127 Å². The number of halogens is 1. The molecule has 4 aromatic rings. The molecule has 0 saturated carbocycles. The molecule has 1 aromatic heterocycles. The number of thioether (sulfide) groups is 1. The Balaban J connectivity index is 1.53. The van der Waals surface area contributed by atoms with Crippen LogP contribution in [0, 0.1) is 15.9 Å². The van der Waals surface area contributed by atoms with Gasteiger partial charge in [0, 0.05) is 23.4 Å². The van der Waals surface area contributed by atoms with Gasteiger partial charge in [-0.1, -0.05) is 65.6 Å². The molecule has 1 unspecified atom stereocenters. The van der Waals surface area contributed by atoms with E-state index in [1.165, 1.54) is 48.2 Å². The molecule has 1 amide bonds. The molecule has 1 aliphatic rings. The predicted octanol–water partition coefficient (Wildman–Crippen LogP) is 5.50. The summed E-state index contributed by atoms with van der Waals surface area (Å²) >= 11 is 2.41. The fraction of sp³-hybridized carbons (Fsp3) is 0.0769. The van der Waals surface area contributed by atoms with E-state index in [2.05, 4.69) is 10.2 Å². The number of aliphatic hydroxyl groups is 1. The monoisotopic (exact) mass is 548 g/mol. The molecule has 9 nitrogen and oxygen atoms in total. The van der Waals surface area contributed by atoms with Gasteiger partial charge in [-0.2, -0.15) is 0 Å². The number of nitro benzene ring substituents is 1. The van der Waals surface area contributed by atoms with Gasteiger partial charge in [0.25, 0.3) is 11.5 Å². The summed E-state index contributed by atoms with van der Waals surface area (Å²) in [4.78, 5) is 38.2. The van der Waals surface area contributed by atoms with Crippen LogP contribution in [0.1, 0.15) is 22.7 Å². The van der Waals surface area contributed by atoms with Gasteiger partial charge in [-0.05, 0) is 35.4 Å². The number of Topliss-reactive ketones (excluding diaryl/α,β-unsaturated/α-hetero) is 1. The van der Waals surface area contributed by atoms with Crippen LogP contribution in [0.25, 0.3) is 5.76 Å². The number of hydrogen-bond donors (Lipinski definition) is 1. The van der Waals surface area contributed by atoms with Crippen molar-refractivity contribution in [2.75, 3.05) is 4.90 Å². The number of non-ortho nitro benzene ring substituents is 1. The van der Waals surface area contributed by atoms with Gasteiger partial charge in [0.1, 0.15) is 11.6 Å². The summed E-state index contributed by atoms with van der Waals surface area (Å²) in [6, 6.07) is 18.7. The van der Waals surface area contributed by atoms with E-state index in [1.807, 2.05) is 0 Å². The summed E-state index contributed by atoms with van der Waals surface area (Å²) < 4.78 is 13.7. The number of aliphatic hydroxyl groups excluding tert-OH is 1. The van der Waals surface area contributed by atoms with Gasteiger partial charge in [0.05, 0.1) is 16.5 Å². The second-order valence-corrected chi connectivity index (χ2v) is 10.3. The number of nitrogens with zero attached hydrogens (tertiary/aromatic N) is 4. The third-order valence-electron chi connectivity index (χ3n) is 5.79. The van der Waals surface area contributed by atoms with Crippen LogP contribution < -0.4 is 4.90 Å². The Kier molecular flexibility index (Phi) is 6.99. The van der Waals surface area contributed by atoms with Gasteiger partial charge < -0.3 is 5.11 Å². The summed E-state index contributed by atoms with van der Waals surface area (Å²) in [5.74, 6) is -2.05. The number of amides is 1. The number of carbonyl (C=O) groups is 2. The Morgan fingerprint density at radius 1 is 1.03 bits per heavy atom. The SMILES string of the molecule is O=C1C(=O)N(c2nnc(SCc3ccc(F)cc3)s2)C(c2ccc([N+](=O)[O-])cc2)/C1=C(/O)c1ccccc1. The van der Waals surface area contributed by atoms with E-state index < -0.39 is 22.7 Å². The zero-order chi connectivity index (χ0) is 26.8. The summed E-state index contributed by atoms with van der Waals surface area (Å²) in [6.07, 6.45) is 0. The zero-order valence-electron chi connectivity index (χ0n) is 19.4. The normalized spacial score (nSPS) is 16.7. The maximum Gasteiger partial charge on any atom is 0.301 e. The van der Waals surface area contributed by atoms with Crippen LogP contribution in [0.5, 0.6) is 0 Å². The third-order valence-corrected chi connectivity index (χ3v) is 7.92. The number of hydrogen-bond acceptors (Lipinski definition) is 9. The fourth-order valence-corrected chi connectivity index (χ4v) is 5.78. The number of rotatable bonds is 7. The van der Waals surface area contributed by atoms with Crippen LogP contribution in [0.4, 0.5) is 15.2 Å². The molecule has 190 valence electrons. The molecule has 1 N–H and O–H groups in total. The van der Waals surface area contributed by atoms with E-state index in [0.29, 0.717) is 21.2 Å². The first kappa shape index (κ1) is 25.2. The molecule has 0 bridgehead atoms. The van der Waals surface area contributed by atoms with Crippen LogP contribution in [-0.2, 0) is 15.3 Å². The highest BCUT2D eigenvalue weighted by molar-refractivity contribution is 8.00. The van der Waals surface area contributed by atoms with E-state index in [-0.39, 0.29) is 28.0 Å². The molecule has 1 fully saturated rings. The number of anilines is 1. The highest BCUT2D eigenvalue weighted by Gasteiger charge is 2.48. The maximum absolute atomic E-state index is 13.3. The van der Waals surface area contributed by atoms with Crippen molar-refractivity contribution in [2.24, 2.45) is 0 Å². The van der Waals surface area contributed by atoms with Gasteiger partial charge in [-0.3, -0.25) is 24.6 Å². The van der Waals surface area contributed by atoms with E-state index in [1.54, 1.807) is 42.5 Å². The van der Waals surface area contributed by atoms with E-state index in [9.17, 15) is 29.2 Å². The smallest absolute Gasteiger partial charge is 0.301 e. The maximum atomic E-state index is 13.3. The highest BCUT2D eigenvalue weighted by Crippen LogP contribution is 2.44. The molecule has 0 aliphatic carbocycles. The minimum Gasteiger partial charge on any atom is -0.507 e. The van der Waals surface area contributed by atoms with Crippen LogP contribution >= 0.6 is 23.1 Å². The van der Waals surface area contributed by atoms with Gasteiger partial charge in [0.15, 0.2) is 4.34 Å². The molecular formula is C26H17FN4O5S2. The van der Waals surface area contributed by atoms with E-state index in [4.69, 9.17) is 0 Å². The van der Waals surface area contributed by atoms with Crippen LogP contribution in [0.2, 0.25) is 0 Å². The molecule has 0 radical (unpaired) electrons. The number of ketones is 1. The first-order valence-electron chi connectivity index (χ1n) is 11.1. The van der Waals surface area contributed by atoms with E-state index in [0.717, 1.165) is 21.8 Å². The average Bonchev–Trinajstić information content (AvgIpc) is 3.50. The molecule has 1 saturated heterocycles. The lowest BCUT2D eigenvalue weighted by Crippen LogP contribution is -2.29. The largest absolute Gasteiger partial charge is 0.507 e. The van der Waals surface area contributed by atoms with E-state index >= 15 is 0 Å². The lowest BCUT2D eigenvalue weighted by molar-refractivity contribution is -0.384. The molecule has 0 spiro atoms. The standard InChI is InChI=1S/C26H17FN4O5S2/c27-18-10-6-15(7-11-18)14-37-26-29-28-25(38-26)30-21(16-8-12-19(13-9-16)31(35)36)20(23(33)24(30)34)22(32)17-4-2-1-3-5-17/h1-13,21,32H,14H2/b22-20-. The van der Waals surface area contributed by atoms with Gasteiger partial charge >= 0.3 is 5.91 Å². The van der Waals surface area contributed by atoms with Crippen molar-refractivity contribution in [3.63, 3.8) is 0 Å². The van der Waals surface area contributed by atoms with Gasteiger partial charge in [-0.15, -0.1) is 10.2 Å². The molecule has 5 rings (SSSR count). The first-order chi connectivity index (χ1) is 18.3. The summed E-state index contributed by atoms with van der Waals surface area (Å²) in [6.45, 7) is 0. The Hall–Kier alpha value is -4.42. The predicted molar refractivity (Wildman–Crippen MR) is 140 cm³/mol. The van der Waals surface area contributed by atoms with Gasteiger partial charge in [-0.25, -0.2) is 4.39 Å². The van der Waals surface area contributed by atoms with Crippen molar-refractivity contribution in [1.29, 1.82) is 0 Å². The Morgan fingerprint density at radius 2 is 1.71 bits per heavy atom. The van der Waals surface area contributed by atoms with Crippen LogP contribution in [0.15, 0.2) is 88.8 Å². The minimum atomic E-state index is -1.08. The van der Waals surface area contributed by atoms with Crippen molar-refractivity contribution in [3.05, 3.63) is 117 Å². The van der Waals surface area contributed by atoms with Crippen molar-refractivity contribution >= 4 is 51.4 Å². The molecular weight excluding hydrogens is 531 g/mol. The Bertz CT molecular complexity index is 1560. The lowest BCUT2D eigenvalue weighted by atomic mass is 9.95. The summed E-state index contributed by atoms with van der Waals surface area (Å²) in [5.41, 5.74) is 1.26. The van der Waals surface area contributed by atoms with Crippen molar-refractivity contribution in [2.45, 2.75) is 16.1 Å². The molecule has 38 heavy (non-hydrogen) atoms. The molecule has 1 atom stereocenters. The van der Waals surface area contributed by atoms with Crippen molar-refractivity contribution < 1.29 is 24.0 Å². The van der Waals surface area contributed by atoms with Crippen molar-refractivity contribution in [3.8, 4) is 0 Å². The van der Waals surface area contributed by atoms with Crippen LogP contribution in [0.3, 0.4) is 0 Å². The fourth-order valence-electron chi connectivity index (χ4n) is 3.96. The average molecular weight is 549 g/mol. The second kappa shape index (κ2) is 10.5. The van der Waals surface area contributed by atoms with Crippen molar-refractivity contribution in [1.82, 2.24) is 10.2 Å². The summed E-state index contributed by atoms with van der Waals surface area (Å²) in [7, 11) is 0. The quantitative estimate of drug-likeness (QED) is 0.0610. The Labute approximate surface area is 223 Å². The number of nitro groups is 1. The highest BCUT2D eigenvalue weighted by atomic mass is 32.2. The molecule has 3 aromatic carbocycles. The Morgan fingerprint density at radius 3 is 2.37 bits per heavy atom. The molecule has 1 aliphatic heterocycles. The number of aromatic nitrogens is 2. The lowest BCUT2D eigenvalue weighted by Gasteiger charge is -2.22. The minimum absolute atomic E-state index is 0.129.